The lowest BCUT2D eigenvalue weighted by Gasteiger charge is -2.48. The van der Waals surface area contributed by atoms with E-state index in [0.29, 0.717) is 11.8 Å². The maximum atomic E-state index is 11.4. The lowest BCUT2D eigenvalue weighted by atomic mass is 9.56. The fraction of sp³-hybridized carbons (Fsp3) is 0.643. The summed E-state index contributed by atoms with van der Waals surface area (Å²) in [4.78, 5) is 11.4. The van der Waals surface area contributed by atoms with Gasteiger partial charge in [-0.1, -0.05) is 39.3 Å². The number of hydrogen-bond donors (Lipinski definition) is 0. The van der Waals surface area contributed by atoms with Crippen LogP contribution in [0.3, 0.4) is 0 Å². The second-order valence-corrected chi connectivity index (χ2v) is 5.52. The third-order valence-corrected chi connectivity index (χ3v) is 4.57. The number of hydrogen-bond acceptors (Lipinski definition) is 1. The number of rotatable bonds is 0. The van der Waals surface area contributed by atoms with Crippen LogP contribution in [-0.4, -0.2) is 5.78 Å². The molecule has 82 valence electrons. The fourth-order valence-corrected chi connectivity index (χ4v) is 3.28. The number of ketones is 1. The van der Waals surface area contributed by atoms with Crippen LogP contribution < -0.4 is 0 Å². The van der Waals surface area contributed by atoms with E-state index in [0.717, 1.165) is 5.92 Å². The highest BCUT2D eigenvalue weighted by Gasteiger charge is 2.43. The monoisotopic (exact) mass is 204 g/mol. The second kappa shape index (κ2) is 3.33. The first kappa shape index (κ1) is 10.7. The van der Waals surface area contributed by atoms with E-state index in [1.165, 1.54) is 12.0 Å². The molecule has 2 aliphatic carbocycles. The van der Waals surface area contributed by atoms with Crippen molar-refractivity contribution in [1.29, 1.82) is 0 Å². The van der Waals surface area contributed by atoms with Crippen LogP contribution in [0.4, 0.5) is 0 Å². The second-order valence-electron chi connectivity index (χ2n) is 5.52. The van der Waals surface area contributed by atoms with E-state index in [2.05, 4.69) is 33.8 Å². The number of allylic oxidation sites excluding steroid dienone is 4. The molecule has 0 spiro atoms. The van der Waals surface area contributed by atoms with E-state index in [9.17, 15) is 4.79 Å². The molecule has 15 heavy (non-hydrogen) atoms. The predicted molar refractivity (Wildman–Crippen MR) is 62.4 cm³/mol. The minimum Gasteiger partial charge on any atom is -0.290 e. The zero-order valence-electron chi connectivity index (χ0n) is 10.1. The van der Waals surface area contributed by atoms with E-state index < -0.39 is 0 Å². The summed E-state index contributed by atoms with van der Waals surface area (Å²) in [5, 5.41) is 0. The topological polar surface area (TPSA) is 17.1 Å². The first-order valence-corrected chi connectivity index (χ1v) is 5.90. The van der Waals surface area contributed by atoms with Crippen LogP contribution in [0.5, 0.6) is 0 Å². The first-order chi connectivity index (χ1) is 6.95. The highest BCUT2D eigenvalue weighted by Crippen LogP contribution is 2.52. The van der Waals surface area contributed by atoms with Gasteiger partial charge in [-0.25, -0.2) is 0 Å². The molecule has 0 aromatic rings. The van der Waals surface area contributed by atoms with Gasteiger partial charge in [-0.15, -0.1) is 0 Å². The number of carbonyl (C=O) groups excluding carboxylic acids is 1. The highest BCUT2D eigenvalue weighted by atomic mass is 16.1. The smallest absolute Gasteiger partial charge is 0.178 e. The predicted octanol–water partition coefficient (Wildman–Crippen LogP) is 3.37. The van der Waals surface area contributed by atoms with Crippen molar-refractivity contribution in [2.75, 3.05) is 0 Å². The highest BCUT2D eigenvalue weighted by molar-refractivity contribution is 6.01. The van der Waals surface area contributed by atoms with Crippen LogP contribution >= 0.6 is 0 Å². The van der Waals surface area contributed by atoms with Crippen LogP contribution in [0, 0.1) is 23.2 Å². The first-order valence-electron chi connectivity index (χ1n) is 5.90. The normalized spacial score (nSPS) is 44.9. The Morgan fingerprint density at radius 3 is 2.67 bits per heavy atom. The van der Waals surface area contributed by atoms with Crippen molar-refractivity contribution >= 4 is 5.78 Å². The Bertz CT molecular complexity index is 350. The van der Waals surface area contributed by atoms with Gasteiger partial charge < -0.3 is 0 Å². The Hall–Kier alpha value is -0.850. The Labute approximate surface area is 92.3 Å². The summed E-state index contributed by atoms with van der Waals surface area (Å²) in [6, 6.07) is 0. The summed E-state index contributed by atoms with van der Waals surface area (Å²) in [7, 11) is 0. The average Bonchev–Trinajstić information content (AvgIpc) is 2.18. The van der Waals surface area contributed by atoms with Crippen molar-refractivity contribution in [1.82, 2.24) is 0 Å². The minimum absolute atomic E-state index is 0.116. The lowest BCUT2D eigenvalue weighted by Crippen LogP contribution is -2.40. The van der Waals surface area contributed by atoms with Crippen LogP contribution in [-0.2, 0) is 4.79 Å². The molecule has 0 amide bonds. The van der Waals surface area contributed by atoms with Gasteiger partial charge in [0.25, 0.3) is 0 Å². The van der Waals surface area contributed by atoms with Crippen molar-refractivity contribution in [3.63, 3.8) is 0 Å². The summed E-state index contributed by atoms with van der Waals surface area (Å²) in [6.45, 7) is 9.16. The van der Waals surface area contributed by atoms with E-state index in [1.54, 1.807) is 6.08 Å². The number of carbonyl (C=O) groups is 1. The molecule has 2 aliphatic rings. The molecule has 0 aliphatic heterocycles. The Balaban J connectivity index is 2.45. The molecule has 2 rings (SSSR count). The third kappa shape index (κ3) is 1.49. The minimum atomic E-state index is 0.116. The van der Waals surface area contributed by atoms with Gasteiger partial charge in [-0.2, -0.15) is 0 Å². The summed E-state index contributed by atoms with van der Waals surface area (Å²) in [6.07, 6.45) is 6.95. The van der Waals surface area contributed by atoms with Crippen LogP contribution in [0.1, 0.15) is 34.1 Å². The van der Waals surface area contributed by atoms with Gasteiger partial charge >= 0.3 is 0 Å². The van der Waals surface area contributed by atoms with Gasteiger partial charge in [0.05, 0.1) is 0 Å². The Kier molecular flexibility index (Phi) is 2.37. The van der Waals surface area contributed by atoms with Gasteiger partial charge in [0.2, 0.25) is 0 Å². The zero-order chi connectivity index (χ0) is 11.2. The zero-order valence-corrected chi connectivity index (χ0v) is 10.1. The van der Waals surface area contributed by atoms with Crippen molar-refractivity contribution in [3.05, 3.63) is 23.8 Å². The number of fused-ring (bicyclic) bond motifs is 1. The van der Waals surface area contributed by atoms with Crippen LogP contribution in [0.2, 0.25) is 0 Å². The molecule has 0 saturated heterocycles. The van der Waals surface area contributed by atoms with E-state index in [4.69, 9.17) is 0 Å². The lowest BCUT2D eigenvalue weighted by molar-refractivity contribution is -0.110. The molecule has 4 atom stereocenters. The van der Waals surface area contributed by atoms with Crippen LogP contribution in [0.15, 0.2) is 23.8 Å². The van der Waals surface area contributed by atoms with Crippen molar-refractivity contribution in [2.45, 2.75) is 34.1 Å². The van der Waals surface area contributed by atoms with Crippen molar-refractivity contribution in [3.8, 4) is 0 Å². The maximum absolute atomic E-state index is 11.4. The van der Waals surface area contributed by atoms with Gasteiger partial charge in [-0.3, -0.25) is 4.79 Å². The maximum Gasteiger partial charge on any atom is 0.178 e. The summed E-state index contributed by atoms with van der Waals surface area (Å²) < 4.78 is 0. The molecule has 1 nitrogen and oxygen atoms in total. The average molecular weight is 204 g/mol. The third-order valence-electron chi connectivity index (χ3n) is 4.57. The molecule has 3 unspecified atom stereocenters. The molecule has 0 aromatic carbocycles. The Morgan fingerprint density at radius 2 is 2.00 bits per heavy atom. The molecule has 1 heteroatoms. The molecule has 1 fully saturated rings. The quantitative estimate of drug-likeness (QED) is 0.591. The van der Waals surface area contributed by atoms with Gasteiger partial charge in [0.1, 0.15) is 0 Å². The Morgan fingerprint density at radius 1 is 1.33 bits per heavy atom. The van der Waals surface area contributed by atoms with Crippen LogP contribution in [0.25, 0.3) is 0 Å². The van der Waals surface area contributed by atoms with Gasteiger partial charge in [0, 0.05) is 5.41 Å². The van der Waals surface area contributed by atoms with Gasteiger partial charge in [-0.05, 0) is 36.3 Å². The standard InChI is InChI=1S/C14H20O/c1-9-7-10(2)13-8-12(15)5-6-14(13,4)11(9)3/h5-6,8-11H,7H2,1-4H3/t9?,10?,11?,14-/m1/s1. The molecule has 0 bridgehead atoms. The molecular formula is C14H20O. The molecule has 0 aromatic heterocycles. The fourth-order valence-electron chi connectivity index (χ4n) is 3.28. The molecule has 1 saturated carbocycles. The molecule has 0 heterocycles. The summed E-state index contributed by atoms with van der Waals surface area (Å²) in [5.41, 5.74) is 1.46. The van der Waals surface area contributed by atoms with E-state index in [-0.39, 0.29) is 11.2 Å². The SMILES string of the molecule is CC1CC(C)C(C)[C@@]2(C)C=CC(=O)C=C12. The van der Waals surface area contributed by atoms with Crippen molar-refractivity contribution < 1.29 is 4.79 Å². The summed E-state index contributed by atoms with van der Waals surface area (Å²) in [5.74, 6) is 2.08. The van der Waals surface area contributed by atoms with E-state index in [1.807, 2.05) is 6.08 Å². The van der Waals surface area contributed by atoms with Crippen molar-refractivity contribution in [2.24, 2.45) is 23.2 Å². The largest absolute Gasteiger partial charge is 0.290 e. The van der Waals surface area contributed by atoms with E-state index >= 15 is 0 Å². The summed E-state index contributed by atoms with van der Waals surface area (Å²) >= 11 is 0. The molecular weight excluding hydrogens is 184 g/mol. The molecule has 0 radical (unpaired) electrons. The van der Waals surface area contributed by atoms with Gasteiger partial charge in [0.15, 0.2) is 5.78 Å². The molecule has 0 N–H and O–H groups in total.